The fourth-order valence-electron chi connectivity index (χ4n) is 2.61. The van der Waals surface area contributed by atoms with E-state index < -0.39 is 6.10 Å². The van der Waals surface area contributed by atoms with Crippen molar-refractivity contribution in [1.82, 2.24) is 5.32 Å². The number of rotatable bonds is 5. The normalized spacial score (nSPS) is 23.0. The predicted molar refractivity (Wildman–Crippen MR) is 98.8 cm³/mol. The zero-order chi connectivity index (χ0) is 17.5. The van der Waals surface area contributed by atoms with Gasteiger partial charge in [0.2, 0.25) is 0 Å². The van der Waals surface area contributed by atoms with Crippen LogP contribution in [-0.2, 0) is 0 Å². The highest BCUT2D eigenvalue weighted by Crippen LogP contribution is 2.25. The van der Waals surface area contributed by atoms with E-state index in [0.717, 1.165) is 25.7 Å². The zero-order valence-electron chi connectivity index (χ0n) is 13.4. The van der Waals surface area contributed by atoms with Gasteiger partial charge in [0.05, 0.1) is 30.0 Å². The first kappa shape index (κ1) is 19.3. The maximum Gasteiger partial charge on any atom is 0.196 e. The monoisotopic (exact) mass is 374 g/mol. The Labute approximate surface area is 152 Å². The van der Waals surface area contributed by atoms with Crippen LogP contribution < -0.4 is 16.4 Å². The van der Waals surface area contributed by atoms with Crippen LogP contribution in [0.1, 0.15) is 25.7 Å². The van der Waals surface area contributed by atoms with Gasteiger partial charge < -0.3 is 26.6 Å². The van der Waals surface area contributed by atoms with Crippen molar-refractivity contribution in [2.45, 2.75) is 43.9 Å². The maximum absolute atomic E-state index is 9.54. The zero-order valence-corrected chi connectivity index (χ0v) is 14.9. The summed E-state index contributed by atoms with van der Waals surface area (Å²) < 4.78 is 0. The number of nitrogens with zero attached hydrogens (tertiary/aromatic N) is 1. The Morgan fingerprint density at radius 3 is 2.75 bits per heavy atom. The minimum absolute atomic E-state index is 0.0502. The number of aliphatic imine (C=N–C) groups is 1. The van der Waals surface area contributed by atoms with Gasteiger partial charge in [0, 0.05) is 17.1 Å². The molecule has 24 heavy (non-hydrogen) atoms. The second-order valence-electron chi connectivity index (χ2n) is 5.97. The number of anilines is 1. The number of hydrogen-bond donors (Lipinski definition) is 5. The van der Waals surface area contributed by atoms with Crippen LogP contribution in [-0.4, -0.2) is 47.5 Å². The molecule has 8 heteroatoms. The van der Waals surface area contributed by atoms with Gasteiger partial charge in [-0.3, -0.25) is 4.99 Å². The molecule has 0 radical (unpaired) electrons. The molecule has 1 aliphatic rings. The van der Waals surface area contributed by atoms with Gasteiger partial charge in [-0.05, 0) is 31.0 Å². The van der Waals surface area contributed by atoms with Crippen molar-refractivity contribution >= 4 is 34.8 Å². The third-order valence-corrected chi connectivity index (χ3v) is 4.54. The Morgan fingerprint density at radius 2 is 2.08 bits per heavy atom. The first-order valence-electron chi connectivity index (χ1n) is 8.07. The predicted octanol–water partition coefficient (Wildman–Crippen LogP) is 1.97. The summed E-state index contributed by atoms with van der Waals surface area (Å²) in [4.78, 5) is 4.32. The summed E-state index contributed by atoms with van der Waals surface area (Å²) in [5.41, 5.74) is 6.82. The fraction of sp³-hybridized carbons (Fsp3) is 0.562. The number of hydrogen-bond acceptors (Lipinski definition) is 4. The number of nitrogens with one attached hydrogen (secondary N) is 2. The number of aliphatic hydroxyl groups excluding tert-OH is 2. The Kier molecular flexibility index (Phi) is 7.58. The molecule has 0 amide bonds. The lowest BCUT2D eigenvalue weighted by molar-refractivity contribution is 0.102. The number of aliphatic hydroxyl groups is 2. The molecule has 0 aliphatic heterocycles. The topological polar surface area (TPSA) is 103 Å². The summed E-state index contributed by atoms with van der Waals surface area (Å²) in [6, 6.07) is 5.27. The van der Waals surface area contributed by atoms with E-state index >= 15 is 0 Å². The van der Waals surface area contributed by atoms with Crippen LogP contribution in [0.15, 0.2) is 23.2 Å². The smallest absolute Gasteiger partial charge is 0.196 e. The van der Waals surface area contributed by atoms with Crippen molar-refractivity contribution in [2.75, 3.05) is 18.5 Å². The SMILES string of the molecule is N[C@H]1CCCC[C@@H]1NC(=NCC(O)CO)Nc1ccc(Cl)cc1Cl. The fourth-order valence-corrected chi connectivity index (χ4v) is 3.06. The minimum atomic E-state index is -0.913. The molecular formula is C16H24Cl2N4O2. The molecule has 2 rings (SSSR count). The lowest BCUT2D eigenvalue weighted by atomic mass is 9.91. The molecule has 1 aromatic rings. The molecule has 1 fully saturated rings. The second-order valence-corrected chi connectivity index (χ2v) is 6.82. The van der Waals surface area contributed by atoms with Crippen molar-refractivity contribution in [3.8, 4) is 0 Å². The molecule has 0 spiro atoms. The highest BCUT2D eigenvalue weighted by molar-refractivity contribution is 6.36. The Morgan fingerprint density at radius 1 is 1.33 bits per heavy atom. The van der Waals surface area contributed by atoms with Crippen LogP contribution in [0, 0.1) is 0 Å². The van der Waals surface area contributed by atoms with Crippen molar-refractivity contribution in [3.05, 3.63) is 28.2 Å². The van der Waals surface area contributed by atoms with Crippen LogP contribution in [0.25, 0.3) is 0 Å². The molecule has 0 bridgehead atoms. The minimum Gasteiger partial charge on any atom is -0.394 e. The lowest BCUT2D eigenvalue weighted by Gasteiger charge is -2.31. The van der Waals surface area contributed by atoms with Crippen LogP contribution in [0.4, 0.5) is 5.69 Å². The third kappa shape index (κ3) is 5.79. The van der Waals surface area contributed by atoms with Crippen molar-refractivity contribution in [2.24, 2.45) is 10.7 Å². The van der Waals surface area contributed by atoms with E-state index in [1.165, 1.54) is 0 Å². The molecule has 6 nitrogen and oxygen atoms in total. The van der Waals surface area contributed by atoms with Gasteiger partial charge in [-0.2, -0.15) is 0 Å². The van der Waals surface area contributed by atoms with E-state index in [0.29, 0.717) is 21.7 Å². The molecule has 3 atom stereocenters. The van der Waals surface area contributed by atoms with Gasteiger partial charge in [0.15, 0.2) is 5.96 Å². The van der Waals surface area contributed by atoms with E-state index in [4.69, 9.17) is 34.0 Å². The lowest BCUT2D eigenvalue weighted by Crippen LogP contribution is -2.51. The van der Waals surface area contributed by atoms with Gasteiger partial charge in [0.1, 0.15) is 0 Å². The highest BCUT2D eigenvalue weighted by atomic mass is 35.5. The summed E-state index contributed by atoms with van der Waals surface area (Å²) in [6.45, 7) is -0.277. The van der Waals surface area contributed by atoms with Crippen LogP contribution in [0.2, 0.25) is 10.0 Å². The molecule has 6 N–H and O–H groups in total. The molecular weight excluding hydrogens is 351 g/mol. The Bertz CT molecular complexity index is 571. The third-order valence-electron chi connectivity index (χ3n) is 4.00. The van der Waals surface area contributed by atoms with E-state index in [9.17, 15) is 5.11 Å². The van der Waals surface area contributed by atoms with Crippen LogP contribution >= 0.6 is 23.2 Å². The van der Waals surface area contributed by atoms with E-state index in [1.54, 1.807) is 18.2 Å². The summed E-state index contributed by atoms with van der Waals surface area (Å²) in [7, 11) is 0. The molecule has 1 saturated carbocycles. The first-order valence-corrected chi connectivity index (χ1v) is 8.82. The number of benzene rings is 1. The summed E-state index contributed by atoms with van der Waals surface area (Å²) in [5.74, 6) is 0.467. The number of guanidine groups is 1. The van der Waals surface area contributed by atoms with Gasteiger partial charge in [-0.15, -0.1) is 0 Å². The number of nitrogens with two attached hydrogens (primary N) is 1. The Hall–Kier alpha value is -1.05. The van der Waals surface area contributed by atoms with Crippen LogP contribution in [0.3, 0.4) is 0 Å². The molecule has 1 aliphatic carbocycles. The van der Waals surface area contributed by atoms with Gasteiger partial charge >= 0.3 is 0 Å². The molecule has 0 aromatic heterocycles. The quantitative estimate of drug-likeness (QED) is 0.400. The van der Waals surface area contributed by atoms with Crippen LogP contribution in [0.5, 0.6) is 0 Å². The van der Waals surface area contributed by atoms with E-state index in [2.05, 4.69) is 15.6 Å². The van der Waals surface area contributed by atoms with E-state index in [1.807, 2.05) is 0 Å². The van der Waals surface area contributed by atoms with Gasteiger partial charge in [0.25, 0.3) is 0 Å². The summed E-state index contributed by atoms with van der Waals surface area (Å²) in [5, 5.41) is 25.9. The van der Waals surface area contributed by atoms with Crippen molar-refractivity contribution in [3.63, 3.8) is 0 Å². The molecule has 1 aromatic carbocycles. The first-order chi connectivity index (χ1) is 11.5. The molecule has 134 valence electrons. The molecule has 0 saturated heterocycles. The average molecular weight is 375 g/mol. The van der Waals surface area contributed by atoms with Gasteiger partial charge in [-0.1, -0.05) is 36.0 Å². The average Bonchev–Trinajstić information content (AvgIpc) is 2.56. The number of halogens is 2. The Balaban J connectivity index is 2.12. The largest absolute Gasteiger partial charge is 0.394 e. The van der Waals surface area contributed by atoms with Crippen molar-refractivity contribution in [1.29, 1.82) is 0 Å². The standard InChI is InChI=1S/C16H24Cl2N4O2/c17-10-5-6-14(12(18)7-10)21-16(20-8-11(24)9-23)22-15-4-2-1-3-13(15)19/h5-7,11,13,15,23-24H,1-4,8-9,19H2,(H2,20,21,22)/t11?,13-,15-/m0/s1. The molecule has 0 heterocycles. The van der Waals surface area contributed by atoms with Crippen molar-refractivity contribution < 1.29 is 10.2 Å². The highest BCUT2D eigenvalue weighted by Gasteiger charge is 2.23. The van der Waals surface area contributed by atoms with Gasteiger partial charge in [-0.25, -0.2) is 0 Å². The van der Waals surface area contributed by atoms with E-state index in [-0.39, 0.29) is 25.2 Å². The maximum atomic E-state index is 9.54. The second kappa shape index (κ2) is 9.44. The molecule has 1 unspecified atom stereocenters. The summed E-state index contributed by atoms with van der Waals surface area (Å²) in [6.07, 6.45) is 3.25. The summed E-state index contributed by atoms with van der Waals surface area (Å²) >= 11 is 12.1.